The first-order valence-corrected chi connectivity index (χ1v) is 5.03. The van der Waals surface area contributed by atoms with Gasteiger partial charge in [-0.3, -0.25) is 4.98 Å². The lowest BCUT2D eigenvalue weighted by molar-refractivity contribution is 0.844. The number of benzene rings is 1. The van der Waals surface area contributed by atoms with Crippen molar-refractivity contribution in [3.05, 3.63) is 49.0 Å². The van der Waals surface area contributed by atoms with Gasteiger partial charge in [0, 0.05) is 11.6 Å². The van der Waals surface area contributed by atoms with Gasteiger partial charge in [0.2, 0.25) is 0 Å². The smallest absolute Gasteiger partial charge is 0.0733 e. The summed E-state index contributed by atoms with van der Waals surface area (Å²) in [6.07, 6.45) is 5.06. The van der Waals surface area contributed by atoms with Crippen molar-refractivity contribution in [1.29, 1.82) is 0 Å². The molecule has 14 heavy (non-hydrogen) atoms. The van der Waals surface area contributed by atoms with Crippen LogP contribution in [0.2, 0.25) is 0 Å². The average molecular weight is 184 g/mol. The van der Waals surface area contributed by atoms with Crippen LogP contribution in [0, 0.1) is 6.92 Å². The molecule has 1 nitrogen and oxygen atoms in total. The third-order valence-corrected chi connectivity index (χ3v) is 2.41. The maximum absolute atomic E-state index is 4.41. The maximum Gasteiger partial charge on any atom is 0.0733 e. The number of aromatic nitrogens is 1. The first-order valence-electron chi connectivity index (χ1n) is 5.03. The van der Waals surface area contributed by atoms with Crippen molar-refractivity contribution < 1.29 is 0 Å². The minimum atomic E-state index is 0.989. The van der Waals surface area contributed by atoms with E-state index in [1.165, 1.54) is 10.9 Å². The number of para-hydroxylation sites is 1. The number of hydrogen-bond donors (Lipinski definition) is 0. The Labute approximate surface area is 84.8 Å². The van der Waals surface area contributed by atoms with E-state index in [1.807, 2.05) is 12.3 Å². The number of hydrogen-bond acceptors (Lipinski definition) is 1. The fourth-order valence-corrected chi connectivity index (χ4v) is 1.68. The van der Waals surface area contributed by atoms with Gasteiger partial charge in [-0.2, -0.15) is 0 Å². The Bertz CT molecular complexity index is 415. The highest BCUT2D eigenvalue weighted by molar-refractivity contribution is 5.81. The van der Waals surface area contributed by atoms with E-state index in [0.29, 0.717) is 0 Å². The van der Waals surface area contributed by atoms with E-state index in [4.69, 9.17) is 0 Å². The summed E-state index contributed by atoms with van der Waals surface area (Å²) in [6.45, 7) is 3.86. The largest absolute Gasteiger partial charge is 0.256 e. The van der Waals surface area contributed by atoms with Crippen molar-refractivity contribution >= 4 is 10.9 Å². The summed E-state index contributed by atoms with van der Waals surface area (Å²) < 4.78 is 0. The Balaban J connectivity index is 2.43. The van der Waals surface area contributed by atoms with Crippen LogP contribution in [-0.2, 0) is 6.42 Å². The highest BCUT2D eigenvalue weighted by atomic mass is 14.6. The molecule has 0 saturated carbocycles. The van der Waals surface area contributed by atoms with Crippen LogP contribution in [0.3, 0.4) is 0 Å². The lowest BCUT2D eigenvalue weighted by atomic mass is 10.0. The average Bonchev–Trinajstić information content (AvgIpc) is 2.26. The first kappa shape index (κ1) is 9.20. The van der Waals surface area contributed by atoms with Crippen molar-refractivity contribution in [2.45, 2.75) is 19.3 Å². The van der Waals surface area contributed by atoms with E-state index >= 15 is 0 Å². The number of nitrogens with zero attached hydrogens (tertiary/aromatic N) is 1. The van der Waals surface area contributed by atoms with Gasteiger partial charge in [0.25, 0.3) is 0 Å². The quantitative estimate of drug-likeness (QED) is 0.712. The summed E-state index contributed by atoms with van der Waals surface area (Å²) in [6, 6.07) is 10.5. The highest BCUT2D eigenvalue weighted by Gasteiger charge is 1.99. The monoisotopic (exact) mass is 184 g/mol. The van der Waals surface area contributed by atoms with E-state index in [-0.39, 0.29) is 0 Å². The molecule has 0 N–H and O–H groups in total. The number of pyridine rings is 1. The second kappa shape index (κ2) is 4.23. The lowest BCUT2D eigenvalue weighted by Gasteiger charge is -2.03. The van der Waals surface area contributed by atoms with Crippen LogP contribution in [0.15, 0.2) is 36.5 Å². The van der Waals surface area contributed by atoms with Gasteiger partial charge in [-0.1, -0.05) is 37.6 Å². The van der Waals surface area contributed by atoms with E-state index in [0.717, 1.165) is 24.8 Å². The zero-order chi connectivity index (χ0) is 9.80. The zero-order valence-electron chi connectivity index (χ0n) is 8.24. The Kier molecular flexibility index (Phi) is 2.78. The topological polar surface area (TPSA) is 12.9 Å². The molecule has 0 aliphatic heterocycles. The fourth-order valence-electron chi connectivity index (χ4n) is 1.68. The minimum Gasteiger partial charge on any atom is -0.256 e. The van der Waals surface area contributed by atoms with E-state index in [1.54, 1.807) is 0 Å². The molecular formula is C13H14N. The summed E-state index contributed by atoms with van der Waals surface area (Å²) in [5, 5.41) is 1.23. The standard InChI is InChI=1S/C13H14N/c1-2-3-6-11-7-4-8-12-9-5-10-14-13(11)12/h4-5,7-10H,1-3,6H2. The van der Waals surface area contributed by atoms with Crippen LogP contribution in [0.5, 0.6) is 0 Å². The Morgan fingerprint density at radius 2 is 2.00 bits per heavy atom. The fraction of sp³-hybridized carbons (Fsp3) is 0.231. The van der Waals surface area contributed by atoms with E-state index < -0.39 is 0 Å². The van der Waals surface area contributed by atoms with Gasteiger partial charge in [0.15, 0.2) is 0 Å². The molecule has 71 valence electrons. The van der Waals surface area contributed by atoms with Gasteiger partial charge in [0.05, 0.1) is 5.52 Å². The first-order chi connectivity index (χ1) is 6.92. The molecule has 1 radical (unpaired) electrons. The number of aryl methyl sites for hydroxylation is 1. The van der Waals surface area contributed by atoms with Crippen LogP contribution < -0.4 is 0 Å². The number of unbranched alkanes of at least 4 members (excludes halogenated alkanes) is 1. The van der Waals surface area contributed by atoms with Crippen molar-refractivity contribution in [3.8, 4) is 0 Å². The molecule has 1 aromatic carbocycles. The molecule has 2 aromatic rings. The van der Waals surface area contributed by atoms with Crippen molar-refractivity contribution in [1.82, 2.24) is 4.98 Å². The van der Waals surface area contributed by atoms with Crippen molar-refractivity contribution in [3.63, 3.8) is 0 Å². The molecule has 0 fully saturated rings. The molecule has 0 unspecified atom stereocenters. The van der Waals surface area contributed by atoms with Crippen molar-refractivity contribution in [2.24, 2.45) is 0 Å². The molecule has 0 atom stereocenters. The lowest BCUT2D eigenvalue weighted by Crippen LogP contribution is -1.88. The summed E-state index contributed by atoms with van der Waals surface area (Å²) in [5.74, 6) is 0. The predicted molar refractivity (Wildman–Crippen MR) is 60.0 cm³/mol. The van der Waals surface area contributed by atoms with E-state index in [2.05, 4.69) is 36.2 Å². The van der Waals surface area contributed by atoms with Gasteiger partial charge < -0.3 is 0 Å². The molecule has 0 saturated heterocycles. The van der Waals surface area contributed by atoms with Crippen LogP contribution in [0.1, 0.15) is 18.4 Å². The van der Waals surface area contributed by atoms with Gasteiger partial charge >= 0.3 is 0 Å². The highest BCUT2D eigenvalue weighted by Crippen LogP contribution is 2.17. The molecule has 0 aliphatic rings. The Morgan fingerprint density at radius 1 is 1.14 bits per heavy atom. The third-order valence-electron chi connectivity index (χ3n) is 2.41. The van der Waals surface area contributed by atoms with Crippen LogP contribution >= 0.6 is 0 Å². The molecule has 0 bridgehead atoms. The molecule has 0 amide bonds. The maximum atomic E-state index is 4.41. The normalized spacial score (nSPS) is 10.6. The Hall–Kier alpha value is -1.37. The van der Waals surface area contributed by atoms with Gasteiger partial charge in [-0.25, -0.2) is 0 Å². The van der Waals surface area contributed by atoms with Crippen LogP contribution in [-0.4, -0.2) is 4.98 Å². The van der Waals surface area contributed by atoms with Gasteiger partial charge in [-0.05, 0) is 24.5 Å². The molecule has 1 heterocycles. The summed E-state index contributed by atoms with van der Waals surface area (Å²) in [4.78, 5) is 4.41. The summed E-state index contributed by atoms with van der Waals surface area (Å²) >= 11 is 0. The second-order valence-electron chi connectivity index (χ2n) is 3.45. The molecule has 2 rings (SSSR count). The van der Waals surface area contributed by atoms with Gasteiger partial charge in [-0.15, -0.1) is 0 Å². The molecule has 0 aliphatic carbocycles. The van der Waals surface area contributed by atoms with Gasteiger partial charge in [0.1, 0.15) is 0 Å². The third kappa shape index (κ3) is 1.77. The molecule has 0 spiro atoms. The summed E-state index contributed by atoms with van der Waals surface area (Å²) in [7, 11) is 0. The minimum absolute atomic E-state index is 0.989. The Morgan fingerprint density at radius 3 is 2.86 bits per heavy atom. The number of fused-ring (bicyclic) bond motifs is 1. The zero-order valence-corrected chi connectivity index (χ0v) is 8.24. The molecule has 1 heteroatoms. The summed E-state index contributed by atoms with van der Waals surface area (Å²) in [5.41, 5.74) is 2.48. The van der Waals surface area contributed by atoms with Crippen LogP contribution in [0.25, 0.3) is 10.9 Å². The molecule has 1 aromatic heterocycles. The van der Waals surface area contributed by atoms with Crippen LogP contribution in [0.4, 0.5) is 0 Å². The van der Waals surface area contributed by atoms with Crippen molar-refractivity contribution in [2.75, 3.05) is 0 Å². The SMILES string of the molecule is [CH2]CCCc1cccc2cccnc12. The number of rotatable bonds is 3. The predicted octanol–water partition coefficient (Wildman–Crippen LogP) is 3.39. The van der Waals surface area contributed by atoms with E-state index in [9.17, 15) is 0 Å². The second-order valence-corrected chi connectivity index (χ2v) is 3.45. The molecular weight excluding hydrogens is 170 g/mol.